The van der Waals surface area contributed by atoms with Crippen LogP contribution in [0.25, 0.3) is 0 Å². The van der Waals surface area contributed by atoms with E-state index >= 15 is 0 Å². The van der Waals surface area contributed by atoms with Gasteiger partial charge in [0.1, 0.15) is 0 Å². The van der Waals surface area contributed by atoms with Crippen molar-refractivity contribution < 1.29 is 9.59 Å². The molecule has 0 bridgehead atoms. The van der Waals surface area contributed by atoms with Crippen molar-refractivity contribution >= 4 is 11.8 Å². The summed E-state index contributed by atoms with van der Waals surface area (Å²) >= 11 is 0. The summed E-state index contributed by atoms with van der Waals surface area (Å²) in [7, 11) is 0. The fraction of sp³-hybridized carbons (Fsp3) is 0.462. The van der Waals surface area contributed by atoms with Crippen LogP contribution in [0, 0.1) is 25.7 Å². The van der Waals surface area contributed by atoms with Crippen molar-refractivity contribution in [1.29, 1.82) is 0 Å². The highest BCUT2D eigenvalue weighted by atomic mass is 16.2. The molecule has 2 aromatic carbocycles. The van der Waals surface area contributed by atoms with Gasteiger partial charge >= 0.3 is 0 Å². The third kappa shape index (κ3) is 3.92. The number of carbonyl (C=O) groups excluding carboxylic acids is 2. The Hall–Kier alpha value is -2.50. The Bertz CT molecular complexity index is 993. The number of hydrogen-bond donors (Lipinski definition) is 0. The molecule has 5 heteroatoms. The van der Waals surface area contributed by atoms with Gasteiger partial charge in [0.15, 0.2) is 0 Å². The Kier molecular flexibility index (Phi) is 5.40. The van der Waals surface area contributed by atoms with E-state index in [2.05, 4.69) is 66.1 Å². The number of benzene rings is 2. The number of imide groups is 1. The summed E-state index contributed by atoms with van der Waals surface area (Å²) in [4.78, 5) is 32.2. The topological polar surface area (TPSA) is 43.9 Å². The Labute approximate surface area is 184 Å². The van der Waals surface area contributed by atoms with E-state index in [9.17, 15) is 9.59 Å². The van der Waals surface area contributed by atoms with Crippen molar-refractivity contribution in [3.05, 3.63) is 70.3 Å². The second kappa shape index (κ2) is 8.21. The molecule has 3 aliphatic rings. The van der Waals surface area contributed by atoms with Gasteiger partial charge in [-0.25, -0.2) is 0 Å². The molecule has 2 atom stereocenters. The summed E-state index contributed by atoms with van der Waals surface area (Å²) in [5, 5.41) is 0. The predicted octanol–water partition coefficient (Wildman–Crippen LogP) is 2.78. The largest absolute Gasteiger partial charge is 0.297 e. The number of fused-ring (bicyclic) bond motifs is 2. The molecule has 3 heterocycles. The van der Waals surface area contributed by atoms with Crippen molar-refractivity contribution in [2.45, 2.75) is 33.4 Å². The van der Waals surface area contributed by atoms with Crippen molar-refractivity contribution in [3.8, 4) is 0 Å². The number of hydrogen-bond acceptors (Lipinski definition) is 4. The zero-order chi connectivity index (χ0) is 21.5. The van der Waals surface area contributed by atoms with Gasteiger partial charge in [0.05, 0.1) is 11.8 Å². The van der Waals surface area contributed by atoms with Gasteiger partial charge in [0.2, 0.25) is 11.8 Å². The van der Waals surface area contributed by atoms with E-state index in [0.29, 0.717) is 19.6 Å². The molecule has 5 nitrogen and oxygen atoms in total. The monoisotopic (exact) mass is 417 g/mol. The van der Waals surface area contributed by atoms with Gasteiger partial charge in [-0.1, -0.05) is 42.5 Å². The van der Waals surface area contributed by atoms with E-state index in [1.54, 1.807) is 4.90 Å². The lowest BCUT2D eigenvalue weighted by molar-refractivity contribution is -0.140. The highest BCUT2D eigenvalue weighted by molar-refractivity contribution is 6.05. The molecule has 5 rings (SSSR count). The van der Waals surface area contributed by atoms with Crippen LogP contribution in [0.4, 0.5) is 0 Å². The third-order valence-corrected chi connectivity index (χ3v) is 7.39. The van der Waals surface area contributed by atoms with E-state index in [1.807, 2.05) is 0 Å². The average molecular weight is 418 g/mol. The highest BCUT2D eigenvalue weighted by Crippen LogP contribution is 2.34. The molecule has 2 saturated heterocycles. The number of amides is 2. The lowest BCUT2D eigenvalue weighted by atomic mass is 10.00. The highest BCUT2D eigenvalue weighted by Gasteiger charge is 2.52. The number of rotatable bonds is 5. The zero-order valence-electron chi connectivity index (χ0n) is 18.5. The maximum absolute atomic E-state index is 13.0. The first-order chi connectivity index (χ1) is 15.0. The van der Waals surface area contributed by atoms with Gasteiger partial charge in [-0.2, -0.15) is 0 Å². The lowest BCUT2D eigenvalue weighted by Gasteiger charge is -2.30. The van der Waals surface area contributed by atoms with Gasteiger partial charge in [-0.15, -0.1) is 0 Å². The van der Waals surface area contributed by atoms with E-state index in [0.717, 1.165) is 32.6 Å². The maximum Gasteiger partial charge on any atom is 0.234 e. The molecule has 2 aromatic rings. The van der Waals surface area contributed by atoms with Crippen LogP contribution in [0.5, 0.6) is 0 Å². The Balaban J connectivity index is 1.17. The summed E-state index contributed by atoms with van der Waals surface area (Å²) in [6.45, 7) is 9.61. The molecule has 162 valence electrons. The average Bonchev–Trinajstić information content (AvgIpc) is 3.28. The van der Waals surface area contributed by atoms with Crippen LogP contribution in [0.15, 0.2) is 42.5 Å². The molecule has 0 aromatic heterocycles. The minimum absolute atomic E-state index is 0.0370. The van der Waals surface area contributed by atoms with E-state index in [1.165, 1.54) is 27.8 Å². The molecule has 0 spiro atoms. The molecular formula is C26H31N3O2. The fourth-order valence-electron chi connectivity index (χ4n) is 5.39. The second-order valence-electron chi connectivity index (χ2n) is 9.45. The molecule has 0 aliphatic carbocycles. The quantitative estimate of drug-likeness (QED) is 0.702. The van der Waals surface area contributed by atoms with Crippen LogP contribution < -0.4 is 0 Å². The normalized spacial score (nSPS) is 24.0. The molecule has 31 heavy (non-hydrogen) atoms. The maximum atomic E-state index is 13.0. The van der Waals surface area contributed by atoms with Gasteiger partial charge in [0.25, 0.3) is 0 Å². The first kappa shape index (κ1) is 20.4. The summed E-state index contributed by atoms with van der Waals surface area (Å²) in [6.07, 6.45) is 1.04. The zero-order valence-corrected chi connectivity index (χ0v) is 18.5. The Morgan fingerprint density at radius 1 is 0.839 bits per heavy atom. The smallest absolute Gasteiger partial charge is 0.234 e. The van der Waals surface area contributed by atoms with Crippen LogP contribution in [0.2, 0.25) is 0 Å². The van der Waals surface area contributed by atoms with Gasteiger partial charge in [-0.05, 0) is 48.1 Å². The molecule has 0 saturated carbocycles. The van der Waals surface area contributed by atoms with Crippen molar-refractivity contribution in [3.63, 3.8) is 0 Å². The fourth-order valence-corrected chi connectivity index (χ4v) is 5.39. The number of likely N-dealkylation sites (tertiary alicyclic amines) is 2. The standard InChI is InChI=1S/C26H31N3O2/c1-18-7-8-20(13-19(18)2)14-28-16-23-24(17-28)26(31)29(25(23)30)12-11-27-10-9-21-5-3-4-6-22(21)15-27/h3-8,13,23-24H,9-12,14-17H2,1-2H3/t23-,24+. The minimum Gasteiger partial charge on any atom is -0.297 e. The van der Waals surface area contributed by atoms with Crippen molar-refractivity contribution in [2.24, 2.45) is 11.8 Å². The van der Waals surface area contributed by atoms with E-state index in [4.69, 9.17) is 0 Å². The van der Waals surface area contributed by atoms with Crippen LogP contribution in [-0.4, -0.2) is 59.2 Å². The molecule has 2 fully saturated rings. The van der Waals surface area contributed by atoms with E-state index < -0.39 is 0 Å². The summed E-state index contributed by atoms with van der Waals surface area (Å²) in [5.74, 6) is -0.257. The molecule has 2 amide bonds. The predicted molar refractivity (Wildman–Crippen MR) is 120 cm³/mol. The van der Waals surface area contributed by atoms with Gasteiger partial charge in [-0.3, -0.25) is 24.3 Å². The first-order valence-electron chi connectivity index (χ1n) is 11.4. The summed E-state index contributed by atoms with van der Waals surface area (Å²) < 4.78 is 0. The Morgan fingerprint density at radius 2 is 1.55 bits per heavy atom. The van der Waals surface area contributed by atoms with Crippen LogP contribution >= 0.6 is 0 Å². The molecule has 0 radical (unpaired) electrons. The molecular weight excluding hydrogens is 386 g/mol. The van der Waals surface area contributed by atoms with Crippen molar-refractivity contribution in [1.82, 2.24) is 14.7 Å². The van der Waals surface area contributed by atoms with Crippen LogP contribution in [-0.2, 0) is 29.1 Å². The molecule has 3 aliphatic heterocycles. The summed E-state index contributed by atoms with van der Waals surface area (Å²) in [5.41, 5.74) is 6.62. The molecule has 0 unspecified atom stereocenters. The summed E-state index contributed by atoms with van der Waals surface area (Å²) in [6, 6.07) is 15.1. The van der Waals surface area contributed by atoms with Gasteiger partial charge < -0.3 is 0 Å². The molecule has 0 N–H and O–H groups in total. The SMILES string of the molecule is Cc1ccc(CN2C[C@@H]3C(=O)N(CCN4CCc5ccccc5C4)C(=O)[C@@H]3C2)cc1C. The minimum atomic E-state index is -0.166. The second-order valence-corrected chi connectivity index (χ2v) is 9.45. The van der Waals surface area contributed by atoms with Crippen molar-refractivity contribution in [2.75, 3.05) is 32.7 Å². The third-order valence-electron chi connectivity index (χ3n) is 7.39. The number of aryl methyl sites for hydroxylation is 2. The first-order valence-corrected chi connectivity index (χ1v) is 11.4. The van der Waals surface area contributed by atoms with Crippen LogP contribution in [0.1, 0.15) is 27.8 Å². The van der Waals surface area contributed by atoms with Crippen LogP contribution in [0.3, 0.4) is 0 Å². The lowest BCUT2D eigenvalue weighted by Crippen LogP contribution is -2.42. The Morgan fingerprint density at radius 3 is 2.26 bits per heavy atom. The number of carbonyl (C=O) groups is 2. The van der Waals surface area contributed by atoms with Gasteiger partial charge in [0, 0.05) is 45.8 Å². The number of nitrogens with zero attached hydrogens (tertiary/aromatic N) is 3. The van der Waals surface area contributed by atoms with E-state index in [-0.39, 0.29) is 23.7 Å².